The van der Waals surface area contributed by atoms with Crippen molar-refractivity contribution in [2.45, 2.75) is 0 Å². The topological polar surface area (TPSA) is 82.2 Å². The van der Waals surface area contributed by atoms with Gasteiger partial charge in [-0.25, -0.2) is 9.97 Å². The molecule has 2 N–H and O–H groups in total. The van der Waals surface area contributed by atoms with Crippen LogP contribution in [0, 0.1) is 0 Å². The molecule has 1 fully saturated rings. The lowest BCUT2D eigenvalue weighted by Gasteiger charge is -2.28. The minimum atomic E-state index is 0.527. The number of hydrogen-bond acceptors (Lipinski definition) is 7. The quantitative estimate of drug-likeness (QED) is 0.515. The maximum atomic E-state index is 5.44. The van der Waals surface area contributed by atoms with E-state index in [1.165, 1.54) is 5.69 Å². The Bertz CT molecular complexity index is 1180. The van der Waals surface area contributed by atoms with Crippen molar-refractivity contribution in [2.24, 2.45) is 0 Å². The largest absolute Gasteiger partial charge is 0.378 e. The monoisotopic (exact) mass is 415 g/mol. The van der Waals surface area contributed by atoms with Crippen LogP contribution in [0.3, 0.4) is 0 Å². The summed E-state index contributed by atoms with van der Waals surface area (Å²) in [6.07, 6.45) is 1.65. The molecule has 2 aromatic heterocycles. The molecule has 0 amide bonds. The summed E-state index contributed by atoms with van der Waals surface area (Å²) < 4.78 is 5.44. The van der Waals surface area contributed by atoms with Crippen molar-refractivity contribution < 1.29 is 4.74 Å². The normalized spacial score (nSPS) is 14.1. The third-order valence-electron chi connectivity index (χ3n) is 5.42. The highest BCUT2D eigenvalue weighted by Crippen LogP contribution is 2.33. The van der Waals surface area contributed by atoms with E-state index in [1.54, 1.807) is 6.33 Å². The first-order valence-corrected chi connectivity index (χ1v) is 10.4. The molecule has 2 aromatic carbocycles. The molecule has 1 saturated heterocycles. The van der Waals surface area contributed by atoms with Gasteiger partial charge in [0.05, 0.1) is 19.5 Å². The molecule has 0 unspecified atom stereocenters. The Morgan fingerprint density at radius 2 is 1.77 bits per heavy atom. The van der Waals surface area contributed by atoms with E-state index in [2.05, 4.69) is 66.5 Å². The van der Waals surface area contributed by atoms with Gasteiger partial charge in [-0.2, -0.15) is 4.98 Å². The van der Waals surface area contributed by atoms with Gasteiger partial charge in [0.15, 0.2) is 5.65 Å². The van der Waals surface area contributed by atoms with Gasteiger partial charge in [-0.05, 0) is 30.3 Å². The Morgan fingerprint density at radius 1 is 1.00 bits per heavy atom. The first-order valence-electron chi connectivity index (χ1n) is 10.4. The summed E-state index contributed by atoms with van der Waals surface area (Å²) in [5, 5.41) is 3.35. The highest BCUT2D eigenvalue weighted by Gasteiger charge is 2.16. The van der Waals surface area contributed by atoms with Crippen LogP contribution < -0.4 is 15.1 Å². The summed E-state index contributed by atoms with van der Waals surface area (Å²) in [5.41, 5.74) is 6.46. The maximum absolute atomic E-state index is 5.44. The third kappa shape index (κ3) is 3.89. The Morgan fingerprint density at radius 3 is 2.55 bits per heavy atom. The van der Waals surface area contributed by atoms with Gasteiger partial charge in [-0.3, -0.25) is 0 Å². The Kier molecular flexibility index (Phi) is 5.13. The predicted molar refractivity (Wildman–Crippen MR) is 124 cm³/mol. The SMILES string of the molecule is CN(C)c1ccccc1-c1nc(Nc2ccc(N3CCOCC3)cc2)nc2[nH]cnc12. The van der Waals surface area contributed by atoms with Crippen LogP contribution in [-0.2, 0) is 4.74 Å². The molecule has 0 aliphatic carbocycles. The zero-order valence-electron chi connectivity index (χ0n) is 17.7. The molecule has 0 saturated carbocycles. The molecule has 8 nitrogen and oxygen atoms in total. The van der Waals surface area contributed by atoms with Gasteiger partial charge in [-0.1, -0.05) is 18.2 Å². The van der Waals surface area contributed by atoms with E-state index in [1.807, 2.05) is 26.2 Å². The summed E-state index contributed by atoms with van der Waals surface area (Å²) in [7, 11) is 4.05. The summed E-state index contributed by atoms with van der Waals surface area (Å²) in [5.74, 6) is 0.527. The average molecular weight is 416 g/mol. The van der Waals surface area contributed by atoms with Gasteiger partial charge in [0, 0.05) is 49.8 Å². The number of para-hydroxylation sites is 1. The van der Waals surface area contributed by atoms with Crippen LogP contribution in [-0.4, -0.2) is 60.3 Å². The number of morpholine rings is 1. The second-order valence-corrected chi connectivity index (χ2v) is 7.68. The summed E-state index contributed by atoms with van der Waals surface area (Å²) in [6, 6.07) is 16.5. The molecule has 158 valence electrons. The summed E-state index contributed by atoms with van der Waals surface area (Å²) >= 11 is 0. The number of benzene rings is 2. The molecule has 1 aliphatic rings. The summed E-state index contributed by atoms with van der Waals surface area (Å²) in [6.45, 7) is 3.38. The van der Waals surface area contributed by atoms with Crippen LogP contribution >= 0.6 is 0 Å². The van der Waals surface area contributed by atoms with Crippen molar-refractivity contribution in [2.75, 3.05) is 55.5 Å². The lowest BCUT2D eigenvalue weighted by molar-refractivity contribution is 0.122. The van der Waals surface area contributed by atoms with Crippen molar-refractivity contribution in [1.82, 2.24) is 19.9 Å². The van der Waals surface area contributed by atoms with Gasteiger partial charge >= 0.3 is 0 Å². The average Bonchev–Trinajstić information content (AvgIpc) is 3.28. The fraction of sp³-hybridized carbons (Fsp3) is 0.261. The Labute approximate surface area is 180 Å². The molecule has 3 heterocycles. The molecule has 0 bridgehead atoms. The molecule has 31 heavy (non-hydrogen) atoms. The van der Waals surface area contributed by atoms with Crippen LogP contribution in [0.15, 0.2) is 54.9 Å². The van der Waals surface area contributed by atoms with E-state index in [-0.39, 0.29) is 0 Å². The van der Waals surface area contributed by atoms with Gasteiger partial charge in [0.25, 0.3) is 0 Å². The summed E-state index contributed by atoms with van der Waals surface area (Å²) in [4.78, 5) is 21.5. The Balaban J connectivity index is 1.48. The fourth-order valence-electron chi connectivity index (χ4n) is 3.85. The fourth-order valence-corrected chi connectivity index (χ4v) is 3.85. The highest BCUT2D eigenvalue weighted by atomic mass is 16.5. The number of imidazole rings is 1. The molecule has 0 atom stereocenters. The van der Waals surface area contributed by atoms with Gasteiger partial charge in [-0.15, -0.1) is 0 Å². The van der Waals surface area contributed by atoms with Crippen LogP contribution in [0.1, 0.15) is 0 Å². The minimum Gasteiger partial charge on any atom is -0.378 e. The van der Waals surface area contributed by atoms with E-state index in [0.717, 1.165) is 54.5 Å². The van der Waals surface area contributed by atoms with Crippen molar-refractivity contribution in [3.8, 4) is 11.3 Å². The first-order chi connectivity index (χ1) is 15.2. The number of nitrogens with zero attached hydrogens (tertiary/aromatic N) is 5. The molecular weight excluding hydrogens is 390 g/mol. The number of aromatic amines is 1. The third-order valence-corrected chi connectivity index (χ3v) is 5.42. The zero-order chi connectivity index (χ0) is 21.2. The van der Waals surface area contributed by atoms with E-state index >= 15 is 0 Å². The second kappa shape index (κ2) is 8.23. The smallest absolute Gasteiger partial charge is 0.229 e. The molecule has 1 aliphatic heterocycles. The van der Waals surface area contributed by atoms with Gasteiger partial charge in [0.2, 0.25) is 5.95 Å². The number of nitrogens with one attached hydrogen (secondary N) is 2. The van der Waals surface area contributed by atoms with Crippen LogP contribution in [0.4, 0.5) is 23.0 Å². The van der Waals surface area contributed by atoms with Crippen molar-refractivity contribution in [1.29, 1.82) is 0 Å². The van der Waals surface area contributed by atoms with E-state index in [4.69, 9.17) is 9.72 Å². The van der Waals surface area contributed by atoms with Crippen molar-refractivity contribution in [3.63, 3.8) is 0 Å². The van der Waals surface area contributed by atoms with Crippen molar-refractivity contribution in [3.05, 3.63) is 54.9 Å². The molecule has 0 radical (unpaired) electrons. The van der Waals surface area contributed by atoms with E-state index in [0.29, 0.717) is 11.6 Å². The number of anilines is 4. The molecule has 5 rings (SSSR count). The van der Waals surface area contributed by atoms with Gasteiger partial charge in [0.1, 0.15) is 11.2 Å². The number of rotatable bonds is 5. The lowest BCUT2D eigenvalue weighted by atomic mass is 10.1. The number of aromatic nitrogens is 4. The van der Waals surface area contributed by atoms with E-state index in [9.17, 15) is 0 Å². The van der Waals surface area contributed by atoms with Crippen LogP contribution in [0.2, 0.25) is 0 Å². The number of H-pyrrole nitrogens is 1. The maximum Gasteiger partial charge on any atom is 0.229 e. The standard InChI is InChI=1S/C23H25N7O/c1-29(2)19-6-4-3-5-18(19)20-21-22(25-15-24-21)28-23(27-20)26-16-7-9-17(10-8-16)30-11-13-31-14-12-30/h3-10,15H,11-14H2,1-2H3,(H2,24,25,26,27,28). The van der Waals surface area contributed by atoms with Crippen LogP contribution in [0.25, 0.3) is 22.4 Å². The van der Waals surface area contributed by atoms with Crippen molar-refractivity contribution >= 4 is 34.2 Å². The molecular formula is C23H25N7O. The molecule has 8 heteroatoms. The predicted octanol–water partition coefficient (Wildman–Crippen LogP) is 3.67. The minimum absolute atomic E-state index is 0.527. The zero-order valence-corrected chi connectivity index (χ0v) is 17.7. The second-order valence-electron chi connectivity index (χ2n) is 7.68. The van der Waals surface area contributed by atoms with Gasteiger partial charge < -0.3 is 24.8 Å². The van der Waals surface area contributed by atoms with E-state index < -0.39 is 0 Å². The number of fused-ring (bicyclic) bond motifs is 1. The Hall–Kier alpha value is -3.65. The first kappa shape index (κ1) is 19.3. The lowest BCUT2D eigenvalue weighted by Crippen LogP contribution is -2.36. The van der Waals surface area contributed by atoms with Crippen LogP contribution in [0.5, 0.6) is 0 Å². The molecule has 0 spiro atoms. The number of ether oxygens (including phenoxy) is 1. The highest BCUT2D eigenvalue weighted by molar-refractivity contribution is 5.92. The number of hydrogen-bond donors (Lipinski definition) is 2. The molecule has 4 aromatic rings.